The predicted molar refractivity (Wildman–Crippen MR) is 397 cm³/mol. The van der Waals surface area contributed by atoms with Crippen molar-refractivity contribution in [2.75, 3.05) is 52.1 Å². The van der Waals surface area contributed by atoms with Gasteiger partial charge >= 0.3 is 12.1 Å². The lowest BCUT2D eigenvalue weighted by molar-refractivity contribution is -0.158. The van der Waals surface area contributed by atoms with E-state index in [-0.39, 0.29) is 23.8 Å². The summed E-state index contributed by atoms with van der Waals surface area (Å²) >= 11 is 6.88. The van der Waals surface area contributed by atoms with Gasteiger partial charge in [-0.1, -0.05) is 94.2 Å². The molecule has 0 radical (unpaired) electrons. The topological polar surface area (TPSA) is 253 Å². The van der Waals surface area contributed by atoms with Crippen LogP contribution in [0.5, 0.6) is 11.5 Å². The number of anilines is 1. The highest BCUT2D eigenvalue weighted by Crippen LogP contribution is 2.49. The number of unbranched alkanes of at least 4 members (excludes halogenated alkanes) is 1. The Morgan fingerprint density at radius 2 is 1.41 bits per heavy atom. The van der Waals surface area contributed by atoms with Gasteiger partial charge in [-0.15, -0.1) is 0 Å². The summed E-state index contributed by atoms with van der Waals surface area (Å²) in [5.74, 6) is -0.698. The molecule has 22 nitrogen and oxygen atoms in total. The zero-order valence-electron chi connectivity index (χ0n) is 59.4. The summed E-state index contributed by atoms with van der Waals surface area (Å²) in [5.41, 5.74) is 5.23. The molecule has 544 valence electrons. The molecule has 7 aromatic rings. The number of halogens is 1. The number of carbonyl (C=O) groups is 5. The molecule has 0 aliphatic carbocycles. The SMILES string of the molecule is COc1cc2cc(c1Cl)N(C)C(=O)CC(OC(=O)[C@@H](C)N(C)C(=O)c1ccc(SSCCC(=O)NCCCCOc3cc(CN(Cc4ccccn4)Cc4ccccn4)cc(CN(Cc4ccccn4)Cc4ccccn4)c3)cc1)[C@@]1(C)OC1[C@@H](C)C1C[C@](O)(NC(=O)O1)[C@@H](OC)/C=C/C=C(\C)C2. The van der Waals surface area contributed by atoms with Crippen molar-refractivity contribution < 1.29 is 57.5 Å². The van der Waals surface area contributed by atoms with Crippen LogP contribution in [0.4, 0.5) is 10.5 Å². The van der Waals surface area contributed by atoms with E-state index < -0.39 is 71.6 Å². The minimum atomic E-state index is -1.88. The third-order valence-electron chi connectivity index (χ3n) is 18.6. The molecule has 3 aliphatic heterocycles. The van der Waals surface area contributed by atoms with Crippen LogP contribution >= 0.6 is 33.2 Å². The van der Waals surface area contributed by atoms with Gasteiger partial charge in [0.15, 0.2) is 5.72 Å². The van der Waals surface area contributed by atoms with Gasteiger partial charge in [-0.3, -0.25) is 49.4 Å². The molecule has 3 aromatic carbocycles. The second-order valence-corrected chi connectivity index (χ2v) is 29.3. The molecule has 0 spiro atoms. The number of likely N-dealkylation sites (N-methyl/N-ethyl adjacent to an activating group) is 1. The number of hydrogen-bond acceptors (Lipinski definition) is 20. The highest BCUT2D eigenvalue weighted by molar-refractivity contribution is 8.76. The number of rotatable bonds is 29. The molecule has 7 heterocycles. The van der Waals surface area contributed by atoms with Crippen molar-refractivity contribution in [1.82, 2.24) is 45.3 Å². The number of esters is 1. The maximum Gasteiger partial charge on any atom is 0.409 e. The van der Waals surface area contributed by atoms with Crippen LogP contribution in [0.3, 0.4) is 0 Å². The standard InChI is InChI=1S/C78H91ClN10O12S2/c1-52-20-19-25-68(97-8)78(95)45-67(99-76(94)85-78)53(2)73-77(4,101-73)69(44-71(91)87(6)65-42-55(38-52)43-66(96-7)72(65)79)100-75(93)54(3)86(5)74(92)58-26-28-64(29-27-58)103-102-37-30-70(90)84-35-17-18-36-98-63-40-56(46-88(48-59-21-9-13-31-80-59)49-60-22-10-14-32-81-60)39-57(41-63)47-89(50-61-23-11-15-33-82-61)51-62-24-12-16-34-83-62/h9-16,19-29,31-34,39-43,53-54,67-69,73,95H,17-18,30,35-38,44-51H2,1-8H3,(H,84,90)(H,85,94)/b25-19+,52-20+/t53-,54+,67?,68-,69?,73?,77+,78+/m0/s1. The largest absolute Gasteiger partial charge is 0.495 e. The maximum absolute atomic E-state index is 14.5. The predicted octanol–water partition coefficient (Wildman–Crippen LogP) is 11.9. The van der Waals surface area contributed by atoms with Crippen molar-refractivity contribution in [3.8, 4) is 11.5 Å². The lowest BCUT2D eigenvalue weighted by atomic mass is 9.83. The number of fused-ring (bicyclic) bond motifs is 5. The smallest absolute Gasteiger partial charge is 0.409 e. The second-order valence-electron chi connectivity index (χ2n) is 26.5. The van der Waals surface area contributed by atoms with Gasteiger partial charge in [0.2, 0.25) is 11.8 Å². The number of ether oxygens (including phenoxy) is 6. The van der Waals surface area contributed by atoms with E-state index in [1.165, 1.54) is 52.7 Å². The summed E-state index contributed by atoms with van der Waals surface area (Å²) in [6, 6.07) is 39.8. The van der Waals surface area contributed by atoms with E-state index in [9.17, 15) is 29.1 Å². The molecule has 2 saturated heterocycles. The highest BCUT2D eigenvalue weighted by atomic mass is 35.5. The van der Waals surface area contributed by atoms with Crippen LogP contribution in [0.1, 0.15) is 110 Å². The van der Waals surface area contributed by atoms with Gasteiger partial charge in [-0.05, 0) is 154 Å². The number of methoxy groups -OCH3 is 2. The fourth-order valence-electron chi connectivity index (χ4n) is 12.7. The minimum Gasteiger partial charge on any atom is -0.495 e. The molecule has 0 saturated carbocycles. The Kier molecular flexibility index (Phi) is 27.3. The summed E-state index contributed by atoms with van der Waals surface area (Å²) in [7, 11) is 8.99. The fraction of sp³-hybridized carbons (Fsp3) is 0.397. The third-order valence-corrected chi connectivity index (χ3v) is 21.3. The fourth-order valence-corrected chi connectivity index (χ4v) is 15.0. The summed E-state index contributed by atoms with van der Waals surface area (Å²) in [4.78, 5) is 96.0. The maximum atomic E-state index is 14.5. The number of amides is 4. The molecule has 3 unspecified atom stereocenters. The van der Waals surface area contributed by atoms with Gasteiger partial charge in [0.1, 0.15) is 46.5 Å². The first-order chi connectivity index (χ1) is 49.7. The Balaban J connectivity index is 0.713. The number of nitrogens with one attached hydrogen (secondary N) is 2. The van der Waals surface area contributed by atoms with E-state index in [4.69, 9.17) is 40.0 Å². The first kappa shape index (κ1) is 76.9. The van der Waals surface area contributed by atoms with Crippen molar-refractivity contribution in [2.45, 2.75) is 152 Å². The lowest BCUT2D eigenvalue weighted by Gasteiger charge is -2.42. The quantitative estimate of drug-likeness (QED) is 0.0170. The molecule has 25 heteroatoms. The van der Waals surface area contributed by atoms with Crippen LogP contribution in [0, 0.1) is 5.92 Å². The molecule has 8 atom stereocenters. The third kappa shape index (κ3) is 21.5. The molecule has 4 aromatic heterocycles. The van der Waals surface area contributed by atoms with Crippen molar-refractivity contribution >= 4 is 68.7 Å². The van der Waals surface area contributed by atoms with Crippen molar-refractivity contribution in [1.29, 1.82) is 0 Å². The Morgan fingerprint density at radius 1 is 0.816 bits per heavy atom. The zero-order valence-corrected chi connectivity index (χ0v) is 61.8. The Bertz CT molecular complexity index is 3870. The van der Waals surface area contributed by atoms with Crippen LogP contribution in [0.25, 0.3) is 0 Å². The second kappa shape index (κ2) is 36.6. The molecule has 3 aliphatic rings. The van der Waals surface area contributed by atoms with Crippen LogP contribution < -0.4 is 25.0 Å². The van der Waals surface area contributed by atoms with Gasteiger partial charge in [0.05, 0.1) is 54.7 Å². The van der Waals surface area contributed by atoms with Crippen molar-refractivity contribution in [2.24, 2.45) is 5.92 Å². The van der Waals surface area contributed by atoms with E-state index >= 15 is 0 Å². The number of aromatic nitrogens is 4. The number of pyridine rings is 4. The van der Waals surface area contributed by atoms with Gasteiger partial charge in [0, 0.05) is 127 Å². The number of hydrogen-bond donors (Lipinski definition) is 3. The van der Waals surface area contributed by atoms with E-state index in [0.29, 0.717) is 88.0 Å². The normalized spacial score (nSPS) is 21.6. The number of allylic oxidation sites excluding steroid dienone is 3. The highest BCUT2D eigenvalue weighted by Gasteiger charge is 2.64. The summed E-state index contributed by atoms with van der Waals surface area (Å²) < 4.78 is 36.3. The van der Waals surface area contributed by atoms with Crippen LogP contribution in [-0.4, -0.2) is 159 Å². The number of nitrogens with zero attached hydrogens (tertiary/aromatic N) is 8. The van der Waals surface area contributed by atoms with E-state index in [1.807, 2.05) is 123 Å². The minimum absolute atomic E-state index is 0.0538. The lowest BCUT2D eigenvalue weighted by Crippen LogP contribution is -2.63. The molecule has 4 amide bonds. The van der Waals surface area contributed by atoms with Crippen molar-refractivity contribution in [3.05, 3.63) is 226 Å². The number of carbonyl (C=O) groups excluding carboxylic acids is 5. The van der Waals surface area contributed by atoms with Crippen LogP contribution in [-0.2, 0) is 79.0 Å². The van der Waals surface area contributed by atoms with Crippen molar-refractivity contribution in [3.63, 3.8) is 0 Å². The molecular weight excluding hydrogens is 1370 g/mol. The van der Waals surface area contributed by atoms with Gasteiger partial charge in [-0.25, -0.2) is 9.59 Å². The van der Waals surface area contributed by atoms with E-state index in [1.54, 1.807) is 64.2 Å². The Labute approximate surface area is 615 Å². The first-order valence-electron chi connectivity index (χ1n) is 34.5. The zero-order chi connectivity index (χ0) is 73.0. The number of aliphatic hydroxyl groups is 1. The Hall–Kier alpha value is -8.72. The molecule has 10 rings (SSSR count). The summed E-state index contributed by atoms with van der Waals surface area (Å²) in [6.45, 7) is 11.7. The Morgan fingerprint density at radius 3 is 1.96 bits per heavy atom. The van der Waals surface area contributed by atoms with Crippen LogP contribution in [0.15, 0.2) is 181 Å². The molecule has 3 N–H and O–H groups in total. The monoisotopic (exact) mass is 1460 g/mol. The molecular formula is C78H91ClN10O12S2. The molecule has 2 fully saturated rings. The molecule has 4 bridgehead atoms. The van der Waals surface area contributed by atoms with Gasteiger partial charge < -0.3 is 48.6 Å². The van der Waals surface area contributed by atoms with Gasteiger partial charge in [0.25, 0.3) is 5.91 Å². The number of alkyl carbamates (subject to hydrolysis) is 1. The number of epoxide rings is 1. The summed E-state index contributed by atoms with van der Waals surface area (Å²) in [6.07, 6.45) is 9.56. The van der Waals surface area contributed by atoms with Crippen LogP contribution in [0.2, 0.25) is 5.02 Å². The average Bonchev–Trinajstić information content (AvgIpc) is 1.57. The van der Waals surface area contributed by atoms with Gasteiger partial charge in [-0.2, -0.15) is 0 Å². The van der Waals surface area contributed by atoms with E-state index in [0.717, 1.165) is 68.5 Å². The first-order valence-corrected chi connectivity index (χ1v) is 37.2. The average molecular weight is 1460 g/mol. The molecule has 103 heavy (non-hydrogen) atoms. The summed E-state index contributed by atoms with van der Waals surface area (Å²) in [5, 5.41) is 17.8. The number of benzene rings is 3. The van der Waals surface area contributed by atoms with E-state index in [2.05, 4.69) is 58.6 Å².